The highest BCUT2D eigenvalue weighted by Crippen LogP contribution is 2.22. The van der Waals surface area contributed by atoms with Crippen molar-refractivity contribution in [1.82, 2.24) is 15.6 Å². The van der Waals surface area contributed by atoms with Gasteiger partial charge in [-0.3, -0.25) is 9.78 Å². The first-order valence-electron chi connectivity index (χ1n) is 10.3. The summed E-state index contributed by atoms with van der Waals surface area (Å²) in [5, 5.41) is 5.93. The van der Waals surface area contributed by atoms with E-state index in [0.29, 0.717) is 19.1 Å². The molecule has 165 valence electrons. The molecule has 1 atom stereocenters. The molecule has 0 aromatic carbocycles. The molecule has 1 aromatic rings. The summed E-state index contributed by atoms with van der Waals surface area (Å²) in [5.41, 5.74) is 0.608. The highest BCUT2D eigenvalue weighted by Gasteiger charge is 2.25. The van der Waals surface area contributed by atoms with Crippen LogP contribution in [0.15, 0.2) is 24.5 Å². The number of hydrogen-bond donors (Lipinski definition) is 2. The Kier molecular flexibility index (Phi) is 10.7. The number of pyridine rings is 1. The van der Waals surface area contributed by atoms with Crippen LogP contribution in [0.1, 0.15) is 40.5 Å². The molecule has 3 radical (unpaired) electrons. The summed E-state index contributed by atoms with van der Waals surface area (Å²) in [5.74, 6) is 0.101. The maximum atomic E-state index is 12.3. The van der Waals surface area contributed by atoms with Crippen molar-refractivity contribution in [1.29, 1.82) is 0 Å². The number of piperidine rings is 1. The number of aromatic nitrogens is 1. The van der Waals surface area contributed by atoms with E-state index in [4.69, 9.17) is 9.47 Å². The van der Waals surface area contributed by atoms with E-state index in [0.717, 1.165) is 25.9 Å². The summed E-state index contributed by atoms with van der Waals surface area (Å²) in [6.07, 6.45) is 5.14. The Bertz CT molecular complexity index is 646. The molecule has 1 fully saturated rings. The van der Waals surface area contributed by atoms with Crippen molar-refractivity contribution in [3.8, 4) is 0 Å². The maximum Gasteiger partial charge on any atom is 0.407 e. The van der Waals surface area contributed by atoms with Crippen LogP contribution in [-0.2, 0) is 14.3 Å². The monoisotopic (exact) mass is 417 g/mol. The Hall–Kier alpha value is -2.29. The quantitative estimate of drug-likeness (QED) is 0.494. The molecule has 0 spiro atoms. The fourth-order valence-corrected chi connectivity index (χ4v) is 3.24. The Labute approximate surface area is 181 Å². The average Bonchev–Trinajstić information content (AvgIpc) is 2.68. The molecule has 30 heavy (non-hydrogen) atoms. The lowest BCUT2D eigenvalue weighted by molar-refractivity contribution is -0.145. The van der Waals surface area contributed by atoms with Crippen molar-refractivity contribution in [3.63, 3.8) is 0 Å². The number of hydrogen-bond acceptors (Lipinski definition) is 7. The van der Waals surface area contributed by atoms with Crippen LogP contribution < -0.4 is 15.5 Å². The lowest BCUT2D eigenvalue weighted by Gasteiger charge is -2.34. The van der Waals surface area contributed by atoms with E-state index in [2.05, 4.69) is 20.5 Å². The number of rotatable bonds is 8. The van der Waals surface area contributed by atoms with E-state index < -0.39 is 17.7 Å². The van der Waals surface area contributed by atoms with E-state index in [9.17, 15) is 9.59 Å². The van der Waals surface area contributed by atoms with E-state index in [1.165, 1.54) is 5.69 Å². The van der Waals surface area contributed by atoms with Crippen molar-refractivity contribution >= 4 is 26.2 Å². The summed E-state index contributed by atoms with van der Waals surface area (Å²) < 4.78 is 10.4. The van der Waals surface area contributed by atoms with Gasteiger partial charge in [-0.2, -0.15) is 0 Å². The van der Waals surface area contributed by atoms with Crippen LogP contribution in [0, 0.1) is 5.92 Å². The van der Waals surface area contributed by atoms with Crippen molar-refractivity contribution in [2.75, 3.05) is 37.7 Å². The van der Waals surface area contributed by atoms with Gasteiger partial charge in [-0.1, -0.05) is 0 Å². The van der Waals surface area contributed by atoms with Crippen LogP contribution in [0.5, 0.6) is 0 Å². The van der Waals surface area contributed by atoms with Crippen molar-refractivity contribution in [2.45, 2.75) is 52.2 Å². The van der Waals surface area contributed by atoms with E-state index in [1.807, 2.05) is 24.5 Å². The number of amides is 1. The maximum absolute atomic E-state index is 12.3. The summed E-state index contributed by atoms with van der Waals surface area (Å²) in [7, 11) is 0. The molecule has 2 N–H and O–H groups in total. The largest absolute Gasteiger partial charge is 0.465 e. The van der Waals surface area contributed by atoms with Crippen molar-refractivity contribution in [3.05, 3.63) is 24.5 Å². The zero-order valence-corrected chi connectivity index (χ0v) is 18.5. The van der Waals surface area contributed by atoms with Gasteiger partial charge in [-0.15, -0.1) is 0 Å². The SMILES string of the molecule is CCOC(=O)C(CNC(=O)OC(C)(C)C)NCC1CCN(c2ccncc2)CC1.[B]. The number of alkyl carbamates (subject to hydrolysis) is 1. The third kappa shape index (κ3) is 9.03. The van der Waals surface area contributed by atoms with Crippen LogP contribution in [-0.4, -0.2) is 69.9 Å². The topological polar surface area (TPSA) is 92.8 Å². The minimum Gasteiger partial charge on any atom is -0.465 e. The average molecular weight is 417 g/mol. The zero-order chi connectivity index (χ0) is 21.3. The minimum absolute atomic E-state index is 0. The summed E-state index contributed by atoms with van der Waals surface area (Å²) in [6, 6.07) is 3.45. The van der Waals surface area contributed by atoms with Gasteiger partial charge in [0.2, 0.25) is 0 Å². The molecule has 1 unspecified atom stereocenters. The second kappa shape index (κ2) is 12.4. The van der Waals surface area contributed by atoms with E-state index in [-0.39, 0.29) is 20.9 Å². The normalized spacial score (nSPS) is 15.7. The molecule has 2 rings (SSSR count). The molecule has 0 bridgehead atoms. The molecule has 1 saturated heterocycles. The fourth-order valence-electron chi connectivity index (χ4n) is 3.24. The number of esters is 1. The molecule has 0 saturated carbocycles. The van der Waals surface area contributed by atoms with Gasteiger partial charge in [0.25, 0.3) is 0 Å². The highest BCUT2D eigenvalue weighted by atomic mass is 16.6. The molecule has 1 aromatic heterocycles. The fraction of sp³-hybridized carbons (Fsp3) is 0.667. The molecule has 9 heteroatoms. The van der Waals surface area contributed by atoms with Gasteiger partial charge in [0, 0.05) is 46.1 Å². The van der Waals surface area contributed by atoms with Gasteiger partial charge < -0.3 is 25.0 Å². The second-order valence-corrected chi connectivity index (χ2v) is 8.23. The third-order valence-corrected chi connectivity index (χ3v) is 4.72. The molecule has 1 amide bonds. The summed E-state index contributed by atoms with van der Waals surface area (Å²) in [4.78, 5) is 30.6. The summed E-state index contributed by atoms with van der Waals surface area (Å²) in [6.45, 7) is 10.2. The Morgan fingerprint density at radius 1 is 1.23 bits per heavy atom. The number of ether oxygens (including phenoxy) is 2. The van der Waals surface area contributed by atoms with Crippen LogP contribution in [0.25, 0.3) is 0 Å². The van der Waals surface area contributed by atoms with E-state index in [1.54, 1.807) is 27.7 Å². The van der Waals surface area contributed by atoms with Gasteiger partial charge in [0.05, 0.1) is 6.61 Å². The molecular weight excluding hydrogens is 383 g/mol. The highest BCUT2D eigenvalue weighted by molar-refractivity contribution is 5.77. The molecule has 2 heterocycles. The summed E-state index contributed by atoms with van der Waals surface area (Å²) >= 11 is 0. The number of carbonyl (C=O) groups is 2. The van der Waals surface area contributed by atoms with Crippen molar-refractivity contribution in [2.24, 2.45) is 5.92 Å². The number of nitrogens with one attached hydrogen (secondary N) is 2. The van der Waals surface area contributed by atoms with Crippen LogP contribution in [0.2, 0.25) is 0 Å². The molecular formula is C21H34BN4O4. The standard InChI is InChI=1S/C21H34N4O4.B/c1-5-28-19(26)18(15-24-20(27)29-21(2,3)4)23-14-16-8-12-25(13-9-16)17-6-10-22-11-7-17;/h6-7,10-11,16,18,23H,5,8-9,12-15H2,1-4H3,(H,24,27);. The molecule has 1 aliphatic heterocycles. The first-order valence-corrected chi connectivity index (χ1v) is 10.3. The predicted molar refractivity (Wildman–Crippen MR) is 118 cm³/mol. The van der Waals surface area contributed by atoms with Crippen LogP contribution in [0.3, 0.4) is 0 Å². The Morgan fingerprint density at radius 3 is 2.43 bits per heavy atom. The predicted octanol–water partition coefficient (Wildman–Crippen LogP) is 1.96. The van der Waals surface area contributed by atoms with E-state index >= 15 is 0 Å². The lowest BCUT2D eigenvalue weighted by atomic mass is 9.96. The smallest absolute Gasteiger partial charge is 0.407 e. The van der Waals surface area contributed by atoms with Gasteiger partial charge in [0.1, 0.15) is 11.6 Å². The number of carbonyl (C=O) groups excluding carboxylic acids is 2. The molecule has 0 aliphatic carbocycles. The Morgan fingerprint density at radius 2 is 1.87 bits per heavy atom. The van der Waals surface area contributed by atoms with Crippen molar-refractivity contribution < 1.29 is 19.1 Å². The van der Waals surface area contributed by atoms with Crippen LogP contribution >= 0.6 is 0 Å². The molecule has 8 nitrogen and oxygen atoms in total. The zero-order valence-electron chi connectivity index (χ0n) is 18.5. The number of anilines is 1. The molecule has 1 aliphatic rings. The number of nitrogens with zero attached hydrogens (tertiary/aromatic N) is 2. The minimum atomic E-state index is -0.597. The van der Waals surface area contributed by atoms with Crippen LogP contribution in [0.4, 0.5) is 10.5 Å². The Balaban J connectivity index is 0.00000450. The van der Waals surface area contributed by atoms with Gasteiger partial charge in [-0.05, 0) is 65.1 Å². The van der Waals surface area contributed by atoms with Gasteiger partial charge in [0.15, 0.2) is 0 Å². The second-order valence-electron chi connectivity index (χ2n) is 8.23. The van der Waals surface area contributed by atoms with Gasteiger partial charge >= 0.3 is 12.1 Å². The lowest BCUT2D eigenvalue weighted by Crippen LogP contribution is -2.49. The first-order chi connectivity index (χ1) is 13.8. The third-order valence-electron chi connectivity index (χ3n) is 4.72. The first kappa shape index (κ1) is 25.8. The van der Waals surface area contributed by atoms with Gasteiger partial charge in [-0.25, -0.2) is 4.79 Å².